The third-order valence-corrected chi connectivity index (χ3v) is 2.37. The zero-order chi connectivity index (χ0) is 8.32. The second kappa shape index (κ2) is 3.34. The Morgan fingerprint density at radius 1 is 1.64 bits per heavy atom. The minimum Gasteiger partial charge on any atom is -0.328 e. The van der Waals surface area contributed by atoms with Crippen molar-refractivity contribution in [2.24, 2.45) is 11.5 Å². The summed E-state index contributed by atoms with van der Waals surface area (Å²) in [7, 11) is 0. The van der Waals surface area contributed by atoms with E-state index in [4.69, 9.17) is 11.5 Å². The predicted molar refractivity (Wildman–Crippen MR) is 47.0 cm³/mol. The number of hydrogen-bond donors (Lipinski definition) is 2. The van der Waals surface area contributed by atoms with Crippen LogP contribution >= 0.6 is 0 Å². The second-order valence-electron chi connectivity index (χ2n) is 3.15. The van der Waals surface area contributed by atoms with Gasteiger partial charge in [0.1, 0.15) is 0 Å². The third kappa shape index (κ3) is 1.61. The fraction of sp³-hybridized carbons (Fsp3) is 0.750. The van der Waals surface area contributed by atoms with Gasteiger partial charge >= 0.3 is 0 Å². The van der Waals surface area contributed by atoms with Crippen molar-refractivity contribution in [1.29, 1.82) is 0 Å². The quantitative estimate of drug-likeness (QED) is 0.559. The second-order valence-corrected chi connectivity index (χ2v) is 3.15. The van der Waals surface area contributed by atoms with Crippen molar-refractivity contribution < 1.29 is 0 Å². The molecular formula is C8H17N3. The van der Waals surface area contributed by atoms with Crippen molar-refractivity contribution in [3.63, 3.8) is 0 Å². The highest BCUT2D eigenvalue weighted by Gasteiger charge is 2.34. The highest BCUT2D eigenvalue weighted by Crippen LogP contribution is 2.22. The largest absolute Gasteiger partial charge is 0.328 e. The highest BCUT2D eigenvalue weighted by molar-refractivity contribution is 4.94. The van der Waals surface area contributed by atoms with Gasteiger partial charge in [0.25, 0.3) is 0 Å². The normalized spacial score (nSPS) is 32.5. The average molecular weight is 155 g/mol. The van der Waals surface area contributed by atoms with Crippen LogP contribution in [-0.2, 0) is 0 Å². The third-order valence-electron chi connectivity index (χ3n) is 2.37. The molecule has 0 aliphatic carbocycles. The summed E-state index contributed by atoms with van der Waals surface area (Å²) in [5.74, 6) is 0. The molecule has 1 saturated heterocycles. The molecule has 0 unspecified atom stereocenters. The van der Waals surface area contributed by atoms with Gasteiger partial charge in [-0.3, -0.25) is 4.90 Å². The standard InChI is InChI=1S/C8H17N3/c1-2-5-11-6-3-4-8(11,10)7-9/h2H,1,3-7,9-10H2/t8-/m0/s1. The van der Waals surface area contributed by atoms with Gasteiger partial charge in [0.05, 0.1) is 5.66 Å². The molecule has 0 aromatic carbocycles. The molecule has 1 atom stereocenters. The predicted octanol–water partition coefficient (Wildman–Crippen LogP) is -0.118. The molecule has 0 aromatic heterocycles. The summed E-state index contributed by atoms with van der Waals surface area (Å²) >= 11 is 0. The number of rotatable bonds is 3. The van der Waals surface area contributed by atoms with E-state index in [1.807, 2.05) is 6.08 Å². The first-order chi connectivity index (χ1) is 5.23. The molecule has 0 bridgehead atoms. The zero-order valence-electron chi connectivity index (χ0n) is 6.92. The maximum Gasteiger partial charge on any atom is 0.0816 e. The molecule has 0 amide bonds. The molecule has 1 aliphatic rings. The summed E-state index contributed by atoms with van der Waals surface area (Å²) < 4.78 is 0. The zero-order valence-corrected chi connectivity index (χ0v) is 6.92. The van der Waals surface area contributed by atoms with Gasteiger partial charge in [-0.05, 0) is 12.8 Å². The van der Waals surface area contributed by atoms with E-state index in [0.717, 1.165) is 25.9 Å². The lowest BCUT2D eigenvalue weighted by atomic mass is 10.1. The number of nitrogens with zero attached hydrogens (tertiary/aromatic N) is 1. The minimum atomic E-state index is -0.256. The van der Waals surface area contributed by atoms with Crippen LogP contribution in [0.25, 0.3) is 0 Å². The van der Waals surface area contributed by atoms with E-state index in [0.29, 0.717) is 6.54 Å². The average Bonchev–Trinajstić information content (AvgIpc) is 2.35. The summed E-state index contributed by atoms with van der Waals surface area (Å²) in [5, 5.41) is 0. The van der Waals surface area contributed by atoms with E-state index >= 15 is 0 Å². The van der Waals surface area contributed by atoms with Crippen LogP contribution in [-0.4, -0.2) is 30.2 Å². The molecule has 11 heavy (non-hydrogen) atoms. The molecule has 0 saturated carbocycles. The van der Waals surface area contributed by atoms with Crippen LogP contribution in [0, 0.1) is 0 Å². The Hall–Kier alpha value is -0.380. The van der Waals surface area contributed by atoms with Crippen LogP contribution in [0.4, 0.5) is 0 Å². The highest BCUT2D eigenvalue weighted by atomic mass is 15.3. The summed E-state index contributed by atoms with van der Waals surface area (Å²) in [6, 6.07) is 0. The molecule has 3 heteroatoms. The lowest BCUT2D eigenvalue weighted by Gasteiger charge is -2.32. The lowest BCUT2D eigenvalue weighted by Crippen LogP contribution is -2.56. The van der Waals surface area contributed by atoms with Gasteiger partial charge in [0.15, 0.2) is 0 Å². The van der Waals surface area contributed by atoms with Gasteiger partial charge in [-0.2, -0.15) is 0 Å². The van der Waals surface area contributed by atoms with Crippen LogP contribution in [0.2, 0.25) is 0 Å². The maximum absolute atomic E-state index is 6.04. The maximum atomic E-state index is 6.04. The van der Waals surface area contributed by atoms with Crippen molar-refractivity contribution in [2.45, 2.75) is 18.5 Å². The molecule has 0 aromatic rings. The Labute approximate surface area is 68.0 Å². The first kappa shape index (κ1) is 8.71. The van der Waals surface area contributed by atoms with Gasteiger partial charge in [0.2, 0.25) is 0 Å². The van der Waals surface area contributed by atoms with Gasteiger partial charge in [-0.25, -0.2) is 0 Å². The van der Waals surface area contributed by atoms with Crippen LogP contribution < -0.4 is 11.5 Å². The monoisotopic (exact) mass is 155 g/mol. The van der Waals surface area contributed by atoms with Crippen molar-refractivity contribution in [3.05, 3.63) is 12.7 Å². The van der Waals surface area contributed by atoms with E-state index in [2.05, 4.69) is 11.5 Å². The van der Waals surface area contributed by atoms with Crippen molar-refractivity contribution in [3.8, 4) is 0 Å². The summed E-state index contributed by atoms with van der Waals surface area (Å²) in [6.45, 7) is 6.14. The van der Waals surface area contributed by atoms with Crippen molar-refractivity contribution in [1.82, 2.24) is 4.90 Å². The molecule has 1 heterocycles. The van der Waals surface area contributed by atoms with Crippen molar-refractivity contribution in [2.75, 3.05) is 19.6 Å². The fourth-order valence-corrected chi connectivity index (χ4v) is 1.62. The molecule has 64 valence electrons. The minimum absolute atomic E-state index is 0.256. The molecule has 3 nitrogen and oxygen atoms in total. The first-order valence-corrected chi connectivity index (χ1v) is 4.08. The van der Waals surface area contributed by atoms with E-state index in [9.17, 15) is 0 Å². The van der Waals surface area contributed by atoms with Crippen LogP contribution in [0.15, 0.2) is 12.7 Å². The Morgan fingerprint density at radius 3 is 2.91 bits per heavy atom. The van der Waals surface area contributed by atoms with E-state index < -0.39 is 0 Å². The van der Waals surface area contributed by atoms with Gasteiger partial charge < -0.3 is 11.5 Å². The Bertz CT molecular complexity index is 146. The number of nitrogens with two attached hydrogens (primary N) is 2. The van der Waals surface area contributed by atoms with Crippen LogP contribution in [0.1, 0.15) is 12.8 Å². The molecule has 4 N–H and O–H groups in total. The molecule has 1 rings (SSSR count). The number of likely N-dealkylation sites (tertiary alicyclic amines) is 1. The molecule has 0 spiro atoms. The van der Waals surface area contributed by atoms with E-state index in [-0.39, 0.29) is 5.66 Å². The van der Waals surface area contributed by atoms with Gasteiger partial charge in [-0.1, -0.05) is 6.08 Å². The Kier molecular flexibility index (Phi) is 2.65. The SMILES string of the molecule is C=CCN1CCC[C@@]1(N)CN. The molecule has 1 fully saturated rings. The Balaban J connectivity index is 2.56. The van der Waals surface area contributed by atoms with Crippen LogP contribution in [0.3, 0.4) is 0 Å². The summed E-state index contributed by atoms with van der Waals surface area (Å²) in [6.07, 6.45) is 4.04. The van der Waals surface area contributed by atoms with Crippen molar-refractivity contribution >= 4 is 0 Å². The summed E-state index contributed by atoms with van der Waals surface area (Å²) in [4.78, 5) is 2.19. The Morgan fingerprint density at radius 2 is 2.36 bits per heavy atom. The van der Waals surface area contributed by atoms with E-state index in [1.165, 1.54) is 0 Å². The smallest absolute Gasteiger partial charge is 0.0816 e. The lowest BCUT2D eigenvalue weighted by molar-refractivity contribution is 0.168. The topological polar surface area (TPSA) is 55.3 Å². The van der Waals surface area contributed by atoms with Crippen LogP contribution in [0.5, 0.6) is 0 Å². The molecule has 1 aliphatic heterocycles. The van der Waals surface area contributed by atoms with E-state index in [1.54, 1.807) is 0 Å². The van der Waals surface area contributed by atoms with Gasteiger partial charge in [-0.15, -0.1) is 6.58 Å². The number of hydrogen-bond acceptors (Lipinski definition) is 3. The first-order valence-electron chi connectivity index (χ1n) is 4.08. The summed E-state index contributed by atoms with van der Waals surface area (Å²) in [5.41, 5.74) is 11.4. The van der Waals surface area contributed by atoms with Gasteiger partial charge in [0, 0.05) is 19.6 Å². The molecule has 0 radical (unpaired) electrons. The molecular weight excluding hydrogens is 138 g/mol. The fourth-order valence-electron chi connectivity index (χ4n) is 1.62.